The molecule has 1 saturated heterocycles. The second-order valence-corrected chi connectivity index (χ2v) is 3.42. The molecule has 1 atom stereocenters. The molecule has 1 aliphatic heterocycles. The summed E-state index contributed by atoms with van der Waals surface area (Å²) in [5.74, 6) is -0.424. The van der Waals surface area contributed by atoms with Gasteiger partial charge in [-0.2, -0.15) is 0 Å². The first-order valence-electron chi connectivity index (χ1n) is 4.80. The van der Waals surface area contributed by atoms with Gasteiger partial charge in [0, 0.05) is 6.61 Å². The first-order valence-corrected chi connectivity index (χ1v) is 4.80. The van der Waals surface area contributed by atoms with E-state index in [-0.39, 0.29) is 11.7 Å². The fraction of sp³-hybridized carbons (Fsp3) is 0.400. The van der Waals surface area contributed by atoms with Crippen molar-refractivity contribution in [2.75, 3.05) is 18.5 Å². The summed E-state index contributed by atoms with van der Waals surface area (Å²) in [5, 5.41) is 11.9. The third-order valence-corrected chi connectivity index (χ3v) is 2.25. The van der Waals surface area contributed by atoms with E-state index in [1.165, 1.54) is 6.07 Å². The Balaban J connectivity index is 2.07. The van der Waals surface area contributed by atoms with E-state index in [4.69, 9.17) is 9.84 Å². The number of anilines is 1. The number of carbonyl (C=O) groups is 1. The number of nitrogens with one attached hydrogen (secondary N) is 1. The molecule has 1 aliphatic rings. The quantitative estimate of drug-likeness (QED) is 0.774. The van der Waals surface area contributed by atoms with Gasteiger partial charge in [-0.05, 0) is 18.6 Å². The van der Waals surface area contributed by atoms with Gasteiger partial charge in [0.2, 0.25) is 0 Å². The number of hydrogen-bond acceptors (Lipinski definition) is 4. The van der Waals surface area contributed by atoms with Crippen molar-refractivity contribution >= 4 is 11.8 Å². The fourth-order valence-electron chi connectivity index (χ4n) is 1.49. The minimum absolute atomic E-state index is 0.0546. The third kappa shape index (κ3) is 2.44. The van der Waals surface area contributed by atoms with Gasteiger partial charge in [0.05, 0.1) is 12.6 Å². The Morgan fingerprint density at radius 3 is 3.13 bits per heavy atom. The van der Waals surface area contributed by atoms with Crippen molar-refractivity contribution in [3.05, 3.63) is 23.9 Å². The van der Waals surface area contributed by atoms with Crippen LogP contribution in [0.15, 0.2) is 18.2 Å². The molecule has 1 fully saturated rings. The van der Waals surface area contributed by atoms with Crippen LogP contribution in [0.3, 0.4) is 0 Å². The molecule has 80 valence electrons. The van der Waals surface area contributed by atoms with Crippen LogP contribution in [0.1, 0.15) is 16.9 Å². The van der Waals surface area contributed by atoms with Gasteiger partial charge in [-0.3, -0.25) is 0 Å². The highest BCUT2D eigenvalue weighted by Gasteiger charge is 2.16. The monoisotopic (exact) mass is 208 g/mol. The Kier molecular flexibility index (Phi) is 2.82. The second-order valence-electron chi connectivity index (χ2n) is 3.42. The zero-order valence-corrected chi connectivity index (χ0v) is 8.14. The molecule has 0 aliphatic carbocycles. The molecular weight excluding hydrogens is 196 g/mol. The Bertz CT molecular complexity index is 361. The number of aromatic carboxylic acids is 1. The molecule has 0 saturated carbocycles. The fourth-order valence-corrected chi connectivity index (χ4v) is 1.49. The van der Waals surface area contributed by atoms with Gasteiger partial charge in [-0.15, -0.1) is 0 Å². The topological polar surface area (TPSA) is 71.5 Å². The zero-order valence-electron chi connectivity index (χ0n) is 8.14. The Morgan fingerprint density at radius 1 is 1.60 bits per heavy atom. The van der Waals surface area contributed by atoms with Gasteiger partial charge in [0.15, 0.2) is 5.69 Å². The van der Waals surface area contributed by atoms with Crippen LogP contribution in [0.2, 0.25) is 0 Å². The highest BCUT2D eigenvalue weighted by molar-refractivity contribution is 5.85. The summed E-state index contributed by atoms with van der Waals surface area (Å²) in [7, 11) is 0. The minimum Gasteiger partial charge on any atom is -0.477 e. The Hall–Kier alpha value is -1.62. The predicted molar refractivity (Wildman–Crippen MR) is 54.0 cm³/mol. The van der Waals surface area contributed by atoms with Gasteiger partial charge in [0.1, 0.15) is 5.82 Å². The molecule has 5 nitrogen and oxygen atoms in total. The van der Waals surface area contributed by atoms with E-state index in [1.807, 2.05) is 0 Å². The summed E-state index contributed by atoms with van der Waals surface area (Å²) in [4.78, 5) is 14.6. The van der Waals surface area contributed by atoms with Crippen LogP contribution in [-0.2, 0) is 4.74 Å². The van der Waals surface area contributed by atoms with Crippen LogP contribution in [0.4, 0.5) is 5.82 Å². The van der Waals surface area contributed by atoms with Gasteiger partial charge in [-0.1, -0.05) is 6.07 Å². The third-order valence-electron chi connectivity index (χ3n) is 2.25. The SMILES string of the molecule is O=C(O)c1cccc(NC2CCOC2)n1. The number of carboxylic acids is 1. The highest BCUT2D eigenvalue weighted by atomic mass is 16.5. The second kappa shape index (κ2) is 4.27. The van der Waals surface area contributed by atoms with Gasteiger partial charge in [0.25, 0.3) is 0 Å². The maximum atomic E-state index is 10.7. The Labute approximate surface area is 87.1 Å². The lowest BCUT2D eigenvalue weighted by molar-refractivity contribution is 0.0690. The molecule has 0 radical (unpaired) electrons. The molecule has 0 aromatic carbocycles. The maximum absolute atomic E-state index is 10.7. The van der Waals surface area contributed by atoms with Crippen LogP contribution in [0, 0.1) is 0 Å². The van der Waals surface area contributed by atoms with Crippen LogP contribution < -0.4 is 5.32 Å². The first-order chi connectivity index (χ1) is 7.25. The molecule has 1 aromatic rings. The van der Waals surface area contributed by atoms with Crippen LogP contribution in [-0.4, -0.2) is 35.3 Å². The van der Waals surface area contributed by atoms with Crippen molar-refractivity contribution in [2.45, 2.75) is 12.5 Å². The maximum Gasteiger partial charge on any atom is 0.354 e. The van der Waals surface area contributed by atoms with E-state index < -0.39 is 5.97 Å². The molecule has 2 rings (SSSR count). The summed E-state index contributed by atoms with van der Waals surface area (Å²) in [6.07, 6.45) is 0.930. The molecule has 2 heterocycles. The van der Waals surface area contributed by atoms with Crippen molar-refractivity contribution in [1.82, 2.24) is 4.98 Å². The number of pyridine rings is 1. The van der Waals surface area contributed by atoms with E-state index >= 15 is 0 Å². The number of hydrogen-bond donors (Lipinski definition) is 2. The van der Waals surface area contributed by atoms with Crippen LogP contribution in [0.25, 0.3) is 0 Å². The van der Waals surface area contributed by atoms with Crippen molar-refractivity contribution < 1.29 is 14.6 Å². The standard InChI is InChI=1S/C10H12N2O3/c13-10(14)8-2-1-3-9(12-8)11-7-4-5-15-6-7/h1-3,7H,4-6H2,(H,11,12)(H,13,14). The summed E-state index contributed by atoms with van der Waals surface area (Å²) in [6.45, 7) is 1.40. The molecule has 15 heavy (non-hydrogen) atoms. The lowest BCUT2D eigenvalue weighted by atomic mass is 10.2. The highest BCUT2D eigenvalue weighted by Crippen LogP contribution is 2.12. The molecule has 1 aromatic heterocycles. The summed E-state index contributed by atoms with van der Waals surface area (Å²) in [5.41, 5.74) is 0.0546. The predicted octanol–water partition coefficient (Wildman–Crippen LogP) is 0.981. The molecule has 0 spiro atoms. The number of aromatic nitrogens is 1. The molecule has 0 amide bonds. The van der Waals surface area contributed by atoms with E-state index in [2.05, 4.69) is 10.3 Å². The summed E-state index contributed by atoms with van der Waals surface area (Å²) in [6, 6.07) is 5.14. The molecule has 5 heteroatoms. The van der Waals surface area contributed by atoms with Gasteiger partial charge < -0.3 is 15.2 Å². The van der Waals surface area contributed by atoms with Crippen molar-refractivity contribution in [2.24, 2.45) is 0 Å². The van der Waals surface area contributed by atoms with Crippen molar-refractivity contribution in [3.63, 3.8) is 0 Å². The van der Waals surface area contributed by atoms with E-state index in [1.54, 1.807) is 12.1 Å². The smallest absolute Gasteiger partial charge is 0.354 e. The average Bonchev–Trinajstić information content (AvgIpc) is 2.71. The van der Waals surface area contributed by atoms with E-state index in [9.17, 15) is 4.79 Å². The molecule has 2 N–H and O–H groups in total. The van der Waals surface area contributed by atoms with Crippen molar-refractivity contribution in [1.29, 1.82) is 0 Å². The molecular formula is C10H12N2O3. The lowest BCUT2D eigenvalue weighted by Crippen LogP contribution is -2.20. The Morgan fingerprint density at radius 2 is 2.47 bits per heavy atom. The largest absolute Gasteiger partial charge is 0.477 e. The van der Waals surface area contributed by atoms with Crippen molar-refractivity contribution in [3.8, 4) is 0 Å². The zero-order chi connectivity index (χ0) is 10.7. The lowest BCUT2D eigenvalue weighted by Gasteiger charge is -2.11. The van der Waals surface area contributed by atoms with E-state index in [0.717, 1.165) is 13.0 Å². The first kappa shape index (κ1) is 9.92. The number of ether oxygens (including phenoxy) is 1. The number of carboxylic acid groups (broad SMARTS) is 1. The summed E-state index contributed by atoms with van der Waals surface area (Å²) >= 11 is 0. The number of nitrogens with zero attached hydrogens (tertiary/aromatic N) is 1. The molecule has 1 unspecified atom stereocenters. The minimum atomic E-state index is -1.01. The van der Waals surface area contributed by atoms with E-state index in [0.29, 0.717) is 12.4 Å². The van der Waals surface area contributed by atoms with Gasteiger partial charge >= 0.3 is 5.97 Å². The van der Waals surface area contributed by atoms with Gasteiger partial charge in [-0.25, -0.2) is 9.78 Å². The number of rotatable bonds is 3. The average molecular weight is 208 g/mol. The molecule has 0 bridgehead atoms. The van der Waals surface area contributed by atoms with Crippen LogP contribution >= 0.6 is 0 Å². The van der Waals surface area contributed by atoms with Crippen LogP contribution in [0.5, 0.6) is 0 Å². The summed E-state index contributed by atoms with van der Waals surface area (Å²) < 4.78 is 5.20. The normalized spacial score (nSPS) is 20.1.